The predicted octanol–water partition coefficient (Wildman–Crippen LogP) is 4.12. The van der Waals surface area contributed by atoms with Gasteiger partial charge in [0, 0.05) is 12.0 Å². The minimum Gasteiger partial charge on any atom is -0.489 e. The smallest absolute Gasteiger partial charge is 0.358 e. The van der Waals surface area contributed by atoms with Gasteiger partial charge in [0.15, 0.2) is 5.76 Å². The van der Waals surface area contributed by atoms with E-state index < -0.39 is 0 Å². The number of methoxy groups -OCH3 is 1. The number of hydrogen-bond acceptors (Lipinski definition) is 1. The first-order valence-electron chi connectivity index (χ1n) is 7.10. The second-order valence-corrected chi connectivity index (χ2v) is 4.75. The standard InChI is InChI=1S/C17H25O2/c1-5-8-9-14(6-2)13-19-17-11-10-16(18-4)12-15(17)7-3/h7,11-12,14H,3,5-6,8-9,13H2,1-2,4H3/q+1. The summed E-state index contributed by atoms with van der Waals surface area (Å²) in [6.45, 7) is 9.02. The Kier molecular flexibility index (Phi) is 6.99. The van der Waals surface area contributed by atoms with Gasteiger partial charge in [-0.15, -0.1) is 0 Å². The van der Waals surface area contributed by atoms with Crippen LogP contribution in [-0.4, -0.2) is 19.5 Å². The molecule has 1 aliphatic carbocycles. The lowest BCUT2D eigenvalue weighted by atomic mass is 10.0. The summed E-state index contributed by atoms with van der Waals surface area (Å²) in [6.07, 6.45) is 10.4. The van der Waals surface area contributed by atoms with E-state index >= 15 is 0 Å². The molecule has 2 heteroatoms. The van der Waals surface area contributed by atoms with Crippen molar-refractivity contribution in [1.29, 1.82) is 0 Å². The molecule has 0 heterocycles. The van der Waals surface area contributed by atoms with Gasteiger partial charge in [-0.3, -0.25) is 4.42 Å². The van der Waals surface area contributed by atoms with Gasteiger partial charge in [0.1, 0.15) is 0 Å². The van der Waals surface area contributed by atoms with E-state index in [1.807, 2.05) is 12.2 Å². The number of allylic oxidation sites excluding steroid dienone is 3. The zero-order chi connectivity index (χ0) is 14.1. The quantitative estimate of drug-likeness (QED) is 0.475. The lowest BCUT2D eigenvalue weighted by Gasteiger charge is -2.06. The maximum atomic E-state index is 5.92. The number of ether oxygens (including phenoxy) is 1. The fourth-order valence-electron chi connectivity index (χ4n) is 1.98. The first kappa shape index (κ1) is 15.5. The van der Waals surface area contributed by atoms with Gasteiger partial charge < -0.3 is 4.74 Å². The molecule has 0 radical (unpaired) electrons. The van der Waals surface area contributed by atoms with Crippen LogP contribution in [0, 0.1) is 5.92 Å². The van der Waals surface area contributed by atoms with Crippen molar-refractivity contribution in [1.82, 2.24) is 0 Å². The predicted molar refractivity (Wildman–Crippen MR) is 80.1 cm³/mol. The second kappa shape index (κ2) is 8.55. The molecule has 104 valence electrons. The van der Waals surface area contributed by atoms with Crippen molar-refractivity contribution in [2.24, 2.45) is 5.92 Å². The van der Waals surface area contributed by atoms with Crippen molar-refractivity contribution in [3.05, 3.63) is 41.9 Å². The number of unbranched alkanes of at least 4 members (excludes halogenated alkanes) is 1. The molecule has 0 aromatic carbocycles. The maximum Gasteiger partial charge on any atom is 0.358 e. The summed E-state index contributed by atoms with van der Waals surface area (Å²) in [5.74, 6) is 2.17. The normalized spacial score (nSPS) is 17.9. The Labute approximate surface area is 116 Å². The van der Waals surface area contributed by atoms with Crippen LogP contribution in [0.4, 0.5) is 0 Å². The highest BCUT2D eigenvalue weighted by Gasteiger charge is 2.19. The monoisotopic (exact) mass is 261 g/mol. The molecule has 0 amide bonds. The third-order valence-electron chi connectivity index (χ3n) is 3.37. The minimum absolute atomic E-state index is 0.625. The molecule has 1 atom stereocenters. The first-order valence-corrected chi connectivity index (χ1v) is 7.10. The third kappa shape index (κ3) is 4.92. The maximum absolute atomic E-state index is 5.92. The van der Waals surface area contributed by atoms with E-state index in [4.69, 9.17) is 9.16 Å². The molecule has 0 spiro atoms. The van der Waals surface area contributed by atoms with E-state index in [2.05, 4.69) is 26.2 Å². The number of carbonyl (C=O) groups excluding carboxylic acids is 1. The van der Waals surface area contributed by atoms with Crippen LogP contribution >= 0.6 is 0 Å². The van der Waals surface area contributed by atoms with Crippen molar-refractivity contribution < 1.29 is 9.16 Å². The summed E-state index contributed by atoms with van der Waals surface area (Å²) in [4.78, 5) is 0. The lowest BCUT2D eigenvalue weighted by Crippen LogP contribution is -2.12. The van der Waals surface area contributed by atoms with Crippen LogP contribution in [0.2, 0.25) is 0 Å². The number of hydrogen-bond donors (Lipinski definition) is 0. The van der Waals surface area contributed by atoms with Crippen LogP contribution in [-0.2, 0) is 9.16 Å². The molecule has 0 aromatic rings. The van der Waals surface area contributed by atoms with Gasteiger partial charge in [-0.25, -0.2) is 0 Å². The fourth-order valence-corrected chi connectivity index (χ4v) is 1.98. The SMILES string of the molecule is C=CC1=CC(OC)=C=CC1=[O+]CC(CC)CCCC. The Morgan fingerprint density at radius 1 is 1.47 bits per heavy atom. The van der Waals surface area contributed by atoms with E-state index in [1.165, 1.54) is 19.3 Å². The van der Waals surface area contributed by atoms with Crippen LogP contribution in [0.25, 0.3) is 0 Å². The van der Waals surface area contributed by atoms with Gasteiger partial charge in [0.2, 0.25) is 0 Å². The molecular formula is C17H25O2+. The zero-order valence-electron chi connectivity index (χ0n) is 12.4. The lowest BCUT2D eigenvalue weighted by molar-refractivity contribution is -0.465. The third-order valence-corrected chi connectivity index (χ3v) is 3.37. The number of rotatable bonds is 8. The largest absolute Gasteiger partial charge is 0.489 e. The average molecular weight is 261 g/mol. The average Bonchev–Trinajstić information content (AvgIpc) is 2.47. The number of ketones is 1. The summed E-state index contributed by atoms with van der Waals surface area (Å²) >= 11 is 0. The minimum atomic E-state index is 0.625. The Bertz CT molecular complexity index is 421. The van der Waals surface area contributed by atoms with Gasteiger partial charge in [0.25, 0.3) is 6.61 Å². The van der Waals surface area contributed by atoms with E-state index in [0.717, 1.165) is 24.4 Å². The Balaban J connectivity index is 2.73. The summed E-state index contributed by atoms with van der Waals surface area (Å²) < 4.78 is 11.1. The molecule has 1 unspecified atom stereocenters. The van der Waals surface area contributed by atoms with Crippen LogP contribution in [0.15, 0.2) is 41.9 Å². The van der Waals surface area contributed by atoms with Crippen LogP contribution in [0.1, 0.15) is 39.5 Å². The van der Waals surface area contributed by atoms with Crippen LogP contribution in [0.3, 0.4) is 0 Å². The van der Waals surface area contributed by atoms with E-state index in [1.54, 1.807) is 13.2 Å². The summed E-state index contributed by atoms with van der Waals surface area (Å²) in [5.41, 5.74) is 4.01. The Hall–Kier alpha value is -1.53. The topological polar surface area (TPSA) is 20.5 Å². The highest BCUT2D eigenvalue weighted by atomic mass is 16.5. The van der Waals surface area contributed by atoms with Crippen molar-refractivity contribution in [2.75, 3.05) is 13.7 Å². The molecule has 0 aliphatic heterocycles. The molecule has 0 N–H and O–H groups in total. The van der Waals surface area contributed by atoms with Gasteiger partial charge in [-0.2, -0.15) is 0 Å². The van der Waals surface area contributed by atoms with E-state index in [0.29, 0.717) is 11.7 Å². The van der Waals surface area contributed by atoms with Gasteiger partial charge in [-0.05, 0) is 12.8 Å². The highest BCUT2D eigenvalue weighted by Crippen LogP contribution is 2.14. The van der Waals surface area contributed by atoms with Gasteiger partial charge >= 0.3 is 5.78 Å². The van der Waals surface area contributed by atoms with E-state index in [9.17, 15) is 0 Å². The second-order valence-electron chi connectivity index (χ2n) is 4.75. The molecule has 19 heavy (non-hydrogen) atoms. The van der Waals surface area contributed by atoms with Crippen LogP contribution in [0.5, 0.6) is 0 Å². The molecule has 0 aromatic heterocycles. The molecule has 0 saturated carbocycles. The summed E-state index contributed by atoms with van der Waals surface area (Å²) in [6, 6.07) is 0. The van der Waals surface area contributed by atoms with Crippen LogP contribution < -0.4 is 0 Å². The van der Waals surface area contributed by atoms with Gasteiger partial charge in [-0.1, -0.05) is 45.1 Å². The molecule has 0 fully saturated rings. The molecule has 1 rings (SSSR count). The highest BCUT2D eigenvalue weighted by molar-refractivity contribution is 6.07. The zero-order valence-corrected chi connectivity index (χ0v) is 12.4. The summed E-state index contributed by atoms with van der Waals surface area (Å²) in [5, 5.41) is 0. The van der Waals surface area contributed by atoms with Crippen molar-refractivity contribution >= 4 is 5.78 Å². The molecule has 0 bridgehead atoms. The molecule has 0 saturated heterocycles. The Morgan fingerprint density at radius 3 is 2.84 bits per heavy atom. The van der Waals surface area contributed by atoms with Crippen molar-refractivity contribution in [2.45, 2.75) is 39.5 Å². The summed E-state index contributed by atoms with van der Waals surface area (Å²) in [7, 11) is 1.64. The van der Waals surface area contributed by atoms with Gasteiger partial charge in [0.05, 0.1) is 18.8 Å². The molecular weight excluding hydrogens is 236 g/mol. The fraction of sp³-hybridized carbons (Fsp3) is 0.529. The Morgan fingerprint density at radius 2 is 2.26 bits per heavy atom. The van der Waals surface area contributed by atoms with Crippen molar-refractivity contribution in [3.8, 4) is 0 Å². The molecule has 2 nitrogen and oxygen atoms in total. The first-order chi connectivity index (χ1) is 9.24. The van der Waals surface area contributed by atoms with Crippen molar-refractivity contribution in [3.63, 3.8) is 0 Å². The molecule has 1 aliphatic rings. The van der Waals surface area contributed by atoms with E-state index in [-0.39, 0.29) is 0 Å².